The Morgan fingerprint density at radius 3 is 1.66 bits per heavy atom. The average Bonchev–Trinajstić information content (AvgIpc) is 2.71. The van der Waals surface area contributed by atoms with E-state index in [4.69, 9.17) is 0 Å². The van der Waals surface area contributed by atoms with Gasteiger partial charge in [0.15, 0.2) is 0 Å². The van der Waals surface area contributed by atoms with Gasteiger partial charge in [-0.15, -0.1) is 0 Å². The lowest BCUT2D eigenvalue weighted by Gasteiger charge is -2.18. The summed E-state index contributed by atoms with van der Waals surface area (Å²) in [6.07, 6.45) is 12.6. The Bertz CT molecular complexity index is 860. The van der Waals surface area contributed by atoms with E-state index in [0.29, 0.717) is 18.4 Å². The zero-order valence-corrected chi connectivity index (χ0v) is 20.2. The third kappa shape index (κ3) is 8.90. The number of carboxylic acids is 2. The van der Waals surface area contributed by atoms with Crippen molar-refractivity contribution in [3.05, 3.63) is 28.3 Å². The lowest BCUT2D eigenvalue weighted by Crippen LogP contribution is -2.19. The summed E-state index contributed by atoms with van der Waals surface area (Å²) in [5.74, 6) is -3.20. The number of rotatable bonds is 17. The summed E-state index contributed by atoms with van der Waals surface area (Å²) in [5.41, 5.74) is -0.700. The van der Waals surface area contributed by atoms with E-state index in [9.17, 15) is 32.8 Å². The second-order valence-corrected chi connectivity index (χ2v) is 9.75. The first kappa shape index (κ1) is 28.1. The van der Waals surface area contributed by atoms with E-state index in [-0.39, 0.29) is 12.0 Å². The first-order chi connectivity index (χ1) is 15.1. The van der Waals surface area contributed by atoms with Crippen LogP contribution in [0.3, 0.4) is 0 Å². The fourth-order valence-corrected chi connectivity index (χ4v) is 5.09. The molecule has 32 heavy (non-hydrogen) atoms. The van der Waals surface area contributed by atoms with E-state index in [0.717, 1.165) is 70.6 Å². The van der Waals surface area contributed by atoms with Crippen molar-refractivity contribution in [2.24, 2.45) is 0 Å². The highest BCUT2D eigenvalue weighted by molar-refractivity contribution is 7.86. The number of aromatic carboxylic acids is 2. The van der Waals surface area contributed by atoms with Crippen molar-refractivity contribution in [2.75, 3.05) is 0 Å². The van der Waals surface area contributed by atoms with Gasteiger partial charge in [-0.3, -0.25) is 4.55 Å². The molecule has 0 radical (unpaired) electrons. The molecule has 0 heterocycles. The summed E-state index contributed by atoms with van der Waals surface area (Å²) in [5, 5.41) is 19.1. The molecule has 1 aromatic rings. The van der Waals surface area contributed by atoms with Crippen molar-refractivity contribution < 1.29 is 32.8 Å². The smallest absolute Gasteiger partial charge is 0.338 e. The Kier molecular flexibility index (Phi) is 12.5. The molecule has 0 aliphatic carbocycles. The molecule has 7 nitrogen and oxygen atoms in total. The SMILES string of the molecule is CCCCCCCCc1cc(C(=O)O)c(C(=O)O)c(S(=O)(=O)O)c1CCCCCCCC. The van der Waals surface area contributed by atoms with E-state index in [1.54, 1.807) is 0 Å². The number of hydrogen-bond donors (Lipinski definition) is 3. The van der Waals surface area contributed by atoms with Crippen molar-refractivity contribution in [3.8, 4) is 0 Å². The number of benzene rings is 1. The summed E-state index contributed by atoms with van der Waals surface area (Å²) < 4.78 is 34.3. The number of hydrogen-bond acceptors (Lipinski definition) is 4. The molecule has 0 bridgehead atoms. The van der Waals surface area contributed by atoms with Crippen molar-refractivity contribution in [1.29, 1.82) is 0 Å². The van der Waals surface area contributed by atoms with Gasteiger partial charge >= 0.3 is 11.9 Å². The van der Waals surface area contributed by atoms with E-state index in [1.165, 1.54) is 6.07 Å². The highest BCUT2D eigenvalue weighted by Gasteiger charge is 2.31. The van der Waals surface area contributed by atoms with Gasteiger partial charge in [-0.2, -0.15) is 8.42 Å². The second-order valence-electron chi connectivity index (χ2n) is 8.39. The molecule has 3 N–H and O–H groups in total. The minimum Gasteiger partial charge on any atom is -0.478 e. The maximum atomic E-state index is 12.2. The summed E-state index contributed by atoms with van der Waals surface area (Å²) in [6.45, 7) is 4.24. The molecule has 0 unspecified atom stereocenters. The van der Waals surface area contributed by atoms with Crippen LogP contribution in [0.25, 0.3) is 0 Å². The quantitative estimate of drug-likeness (QED) is 0.184. The Balaban J connectivity index is 3.31. The Hall–Kier alpha value is -1.93. The molecule has 0 saturated carbocycles. The van der Waals surface area contributed by atoms with Gasteiger partial charge in [0.1, 0.15) is 4.90 Å². The number of carboxylic acid groups (broad SMARTS) is 2. The van der Waals surface area contributed by atoms with Crippen molar-refractivity contribution >= 4 is 22.1 Å². The molecule has 0 aliphatic rings. The van der Waals surface area contributed by atoms with Gasteiger partial charge in [0.05, 0.1) is 11.1 Å². The van der Waals surface area contributed by atoms with Crippen LogP contribution in [0.5, 0.6) is 0 Å². The lowest BCUT2D eigenvalue weighted by atomic mass is 9.91. The monoisotopic (exact) mass is 470 g/mol. The van der Waals surface area contributed by atoms with Gasteiger partial charge in [0.25, 0.3) is 10.1 Å². The normalized spacial score (nSPS) is 11.6. The molecule has 0 amide bonds. The predicted octanol–water partition coefficient (Wildman–Crippen LogP) is 6.14. The standard InChI is InChI=1S/C24H38O7S/c1-3-5-7-9-11-13-15-18-17-20(23(25)26)21(24(27)28)22(32(29,30)31)19(18)16-14-12-10-8-6-4-2/h17H,3-16H2,1-2H3,(H,25,26)(H,27,28)(H,29,30,31). The minimum atomic E-state index is -4.93. The molecular formula is C24H38O7S. The topological polar surface area (TPSA) is 129 Å². The molecule has 0 spiro atoms. The molecule has 0 atom stereocenters. The fraction of sp³-hybridized carbons (Fsp3) is 0.667. The Morgan fingerprint density at radius 1 is 0.750 bits per heavy atom. The van der Waals surface area contributed by atoms with Crippen molar-refractivity contribution in [1.82, 2.24) is 0 Å². The van der Waals surface area contributed by atoms with Crippen LogP contribution in [0.1, 0.15) is 123 Å². The van der Waals surface area contributed by atoms with Crippen molar-refractivity contribution in [2.45, 2.75) is 109 Å². The molecular weight excluding hydrogens is 432 g/mol. The maximum absolute atomic E-state index is 12.2. The number of aryl methyl sites for hydroxylation is 1. The van der Waals surface area contributed by atoms with E-state index < -0.39 is 38.1 Å². The molecule has 0 saturated heterocycles. The second kappa shape index (κ2) is 14.3. The lowest BCUT2D eigenvalue weighted by molar-refractivity contribution is 0.0647. The zero-order valence-electron chi connectivity index (χ0n) is 19.4. The first-order valence-electron chi connectivity index (χ1n) is 11.8. The summed E-state index contributed by atoms with van der Waals surface area (Å²) in [6, 6.07) is 1.29. The highest BCUT2D eigenvalue weighted by atomic mass is 32.2. The molecule has 1 aromatic carbocycles. The minimum absolute atomic E-state index is 0.249. The van der Waals surface area contributed by atoms with Crippen LogP contribution in [-0.2, 0) is 23.0 Å². The van der Waals surface area contributed by atoms with Gasteiger partial charge in [0.2, 0.25) is 0 Å². The molecule has 0 aliphatic heterocycles. The summed E-state index contributed by atoms with van der Waals surface area (Å²) in [7, 11) is -4.93. The van der Waals surface area contributed by atoms with Crippen LogP contribution >= 0.6 is 0 Å². The maximum Gasteiger partial charge on any atom is 0.338 e. The van der Waals surface area contributed by atoms with Crippen LogP contribution in [-0.4, -0.2) is 35.1 Å². The van der Waals surface area contributed by atoms with E-state index in [1.807, 2.05) is 0 Å². The van der Waals surface area contributed by atoms with Gasteiger partial charge in [-0.25, -0.2) is 9.59 Å². The summed E-state index contributed by atoms with van der Waals surface area (Å²) in [4.78, 5) is 22.8. The molecule has 182 valence electrons. The van der Waals surface area contributed by atoms with Crippen molar-refractivity contribution in [3.63, 3.8) is 0 Å². The van der Waals surface area contributed by atoms with E-state index >= 15 is 0 Å². The van der Waals surface area contributed by atoms with Gasteiger partial charge < -0.3 is 10.2 Å². The molecule has 1 rings (SSSR count). The van der Waals surface area contributed by atoms with Gasteiger partial charge in [-0.05, 0) is 42.9 Å². The highest BCUT2D eigenvalue weighted by Crippen LogP contribution is 2.31. The van der Waals surface area contributed by atoms with Crippen LogP contribution in [0.4, 0.5) is 0 Å². The third-order valence-electron chi connectivity index (χ3n) is 5.76. The van der Waals surface area contributed by atoms with E-state index in [2.05, 4.69) is 13.8 Å². The zero-order chi connectivity index (χ0) is 24.1. The Labute approximate surface area is 192 Å². The average molecular weight is 471 g/mol. The predicted molar refractivity (Wildman–Crippen MR) is 124 cm³/mol. The third-order valence-corrected chi connectivity index (χ3v) is 6.73. The number of carbonyl (C=O) groups is 2. The largest absolute Gasteiger partial charge is 0.478 e. The van der Waals surface area contributed by atoms with Crippen LogP contribution in [0.15, 0.2) is 11.0 Å². The van der Waals surface area contributed by atoms with Crippen LogP contribution in [0.2, 0.25) is 0 Å². The molecule has 0 fully saturated rings. The van der Waals surface area contributed by atoms with Gasteiger partial charge in [-0.1, -0.05) is 78.1 Å². The van der Waals surface area contributed by atoms with Crippen LogP contribution in [0, 0.1) is 0 Å². The molecule has 8 heteroatoms. The first-order valence-corrected chi connectivity index (χ1v) is 13.2. The Morgan fingerprint density at radius 2 is 1.22 bits per heavy atom. The fourth-order valence-electron chi connectivity index (χ4n) is 4.09. The van der Waals surface area contributed by atoms with Crippen LogP contribution < -0.4 is 0 Å². The van der Waals surface area contributed by atoms with Gasteiger partial charge in [0, 0.05) is 0 Å². The number of unbranched alkanes of at least 4 members (excludes halogenated alkanes) is 10. The summed E-state index contributed by atoms with van der Waals surface area (Å²) >= 11 is 0. The molecule has 0 aromatic heterocycles.